The Bertz CT molecular complexity index is 350. The van der Waals surface area contributed by atoms with Crippen LogP contribution in [0.3, 0.4) is 0 Å². The molecule has 0 radical (unpaired) electrons. The first-order valence-electron chi connectivity index (χ1n) is 7.43. The van der Waals surface area contributed by atoms with Crippen molar-refractivity contribution in [2.24, 2.45) is 0 Å². The van der Waals surface area contributed by atoms with Gasteiger partial charge in [0, 0.05) is 19.6 Å². The van der Waals surface area contributed by atoms with Crippen molar-refractivity contribution in [2.45, 2.75) is 26.9 Å². The summed E-state index contributed by atoms with van der Waals surface area (Å²) in [4.78, 5) is 2.40. The number of likely N-dealkylation sites (N-methyl/N-ethyl adjacent to an activating group) is 1. The summed E-state index contributed by atoms with van der Waals surface area (Å²) in [5, 5.41) is 3.44. The van der Waals surface area contributed by atoms with E-state index in [2.05, 4.69) is 31.0 Å². The van der Waals surface area contributed by atoms with E-state index < -0.39 is 0 Å². The maximum atomic E-state index is 5.84. The molecule has 4 nitrogen and oxygen atoms in total. The minimum Gasteiger partial charge on any atom is -0.497 e. The van der Waals surface area contributed by atoms with Crippen LogP contribution in [0, 0.1) is 0 Å². The summed E-state index contributed by atoms with van der Waals surface area (Å²) in [6.07, 6.45) is 0.153. The van der Waals surface area contributed by atoms with Crippen LogP contribution in [0.4, 0.5) is 0 Å². The van der Waals surface area contributed by atoms with Gasteiger partial charge in [-0.3, -0.25) is 0 Å². The summed E-state index contributed by atoms with van der Waals surface area (Å²) >= 11 is 0. The van der Waals surface area contributed by atoms with Crippen LogP contribution in [0.15, 0.2) is 24.3 Å². The summed E-state index contributed by atoms with van der Waals surface area (Å²) in [5.74, 6) is 1.73. The number of nitrogens with zero attached hydrogens (tertiary/aromatic N) is 1. The Labute approximate surface area is 123 Å². The lowest BCUT2D eigenvalue weighted by Gasteiger charge is -2.20. The number of benzene rings is 1. The molecule has 0 aromatic heterocycles. The van der Waals surface area contributed by atoms with Gasteiger partial charge >= 0.3 is 0 Å². The molecule has 1 unspecified atom stereocenters. The Morgan fingerprint density at radius 1 is 1.10 bits per heavy atom. The van der Waals surface area contributed by atoms with E-state index in [0.717, 1.165) is 44.2 Å². The Balaban J connectivity index is 2.20. The number of methoxy groups -OCH3 is 1. The van der Waals surface area contributed by atoms with E-state index >= 15 is 0 Å². The molecule has 0 heterocycles. The molecule has 0 aliphatic carbocycles. The molecular formula is C16H28N2O2. The van der Waals surface area contributed by atoms with Gasteiger partial charge in [0.1, 0.15) is 17.6 Å². The van der Waals surface area contributed by atoms with E-state index in [1.165, 1.54) is 0 Å². The molecule has 0 aliphatic heterocycles. The molecule has 4 heteroatoms. The lowest BCUT2D eigenvalue weighted by Crippen LogP contribution is -2.36. The Kier molecular flexibility index (Phi) is 8.07. The molecule has 0 aliphatic rings. The van der Waals surface area contributed by atoms with E-state index in [4.69, 9.17) is 9.47 Å². The second-order valence-corrected chi connectivity index (χ2v) is 4.84. The predicted octanol–water partition coefficient (Wildman–Crippen LogP) is 2.39. The van der Waals surface area contributed by atoms with Crippen LogP contribution >= 0.6 is 0 Å². The minimum absolute atomic E-state index is 0.153. The molecule has 1 aromatic carbocycles. The number of ether oxygens (including phenoxy) is 2. The zero-order chi connectivity index (χ0) is 14.8. The lowest BCUT2D eigenvalue weighted by atomic mass is 10.3. The number of rotatable bonds is 10. The van der Waals surface area contributed by atoms with Gasteiger partial charge in [0.05, 0.1) is 7.11 Å². The van der Waals surface area contributed by atoms with Crippen LogP contribution in [0.25, 0.3) is 0 Å². The quantitative estimate of drug-likeness (QED) is 0.667. The average Bonchev–Trinajstić information content (AvgIpc) is 2.48. The summed E-state index contributed by atoms with van der Waals surface area (Å²) in [6, 6.07) is 7.70. The van der Waals surface area contributed by atoms with E-state index in [9.17, 15) is 0 Å². The molecule has 1 atom stereocenters. The molecule has 1 N–H and O–H groups in total. The lowest BCUT2D eigenvalue weighted by molar-refractivity contribution is 0.213. The van der Waals surface area contributed by atoms with Crippen molar-refractivity contribution in [3.8, 4) is 11.5 Å². The van der Waals surface area contributed by atoms with Crippen LogP contribution < -0.4 is 14.8 Å². The van der Waals surface area contributed by atoms with Crippen molar-refractivity contribution in [2.75, 3.05) is 39.8 Å². The van der Waals surface area contributed by atoms with Crippen molar-refractivity contribution in [1.29, 1.82) is 0 Å². The van der Waals surface area contributed by atoms with Gasteiger partial charge in [-0.1, -0.05) is 13.8 Å². The Hall–Kier alpha value is -1.26. The summed E-state index contributed by atoms with van der Waals surface area (Å²) in [6.45, 7) is 11.6. The average molecular weight is 280 g/mol. The molecule has 0 spiro atoms. The van der Waals surface area contributed by atoms with Gasteiger partial charge in [-0.05, 0) is 44.3 Å². The van der Waals surface area contributed by atoms with E-state index in [-0.39, 0.29) is 6.10 Å². The van der Waals surface area contributed by atoms with Gasteiger partial charge in [-0.25, -0.2) is 0 Å². The van der Waals surface area contributed by atoms with Crippen molar-refractivity contribution < 1.29 is 9.47 Å². The van der Waals surface area contributed by atoms with Gasteiger partial charge in [-0.15, -0.1) is 0 Å². The highest BCUT2D eigenvalue weighted by Crippen LogP contribution is 2.17. The predicted molar refractivity (Wildman–Crippen MR) is 83.7 cm³/mol. The third kappa shape index (κ3) is 6.26. The first kappa shape index (κ1) is 16.8. The molecule has 0 bridgehead atoms. The van der Waals surface area contributed by atoms with Crippen molar-refractivity contribution in [3.05, 3.63) is 24.3 Å². The fourth-order valence-corrected chi connectivity index (χ4v) is 2.01. The van der Waals surface area contributed by atoms with Gasteiger partial charge in [-0.2, -0.15) is 0 Å². The standard InChI is InChI=1S/C16H28N2O2/c1-5-18(6-2)12-11-17-13-14(3)20-16-9-7-15(19-4)8-10-16/h7-10,14,17H,5-6,11-13H2,1-4H3. The highest BCUT2D eigenvalue weighted by molar-refractivity contribution is 5.31. The second-order valence-electron chi connectivity index (χ2n) is 4.84. The molecule has 0 amide bonds. The second kappa shape index (κ2) is 9.61. The van der Waals surface area contributed by atoms with Gasteiger partial charge in [0.2, 0.25) is 0 Å². The van der Waals surface area contributed by atoms with Gasteiger partial charge < -0.3 is 19.7 Å². The molecule has 0 fully saturated rings. The Morgan fingerprint density at radius 2 is 1.70 bits per heavy atom. The topological polar surface area (TPSA) is 33.7 Å². The largest absolute Gasteiger partial charge is 0.497 e. The van der Waals surface area contributed by atoms with Crippen molar-refractivity contribution in [3.63, 3.8) is 0 Å². The summed E-state index contributed by atoms with van der Waals surface area (Å²) < 4.78 is 11.0. The van der Waals surface area contributed by atoms with E-state index in [1.54, 1.807) is 7.11 Å². The smallest absolute Gasteiger partial charge is 0.120 e. The maximum absolute atomic E-state index is 5.84. The van der Waals surface area contributed by atoms with E-state index in [0.29, 0.717) is 0 Å². The normalized spacial score (nSPS) is 12.4. The molecule has 1 rings (SSSR count). The van der Waals surface area contributed by atoms with Crippen LogP contribution in [0.5, 0.6) is 11.5 Å². The highest BCUT2D eigenvalue weighted by Gasteiger charge is 2.04. The zero-order valence-corrected chi connectivity index (χ0v) is 13.2. The number of nitrogens with one attached hydrogen (secondary N) is 1. The Morgan fingerprint density at radius 3 is 2.25 bits per heavy atom. The number of hydrogen-bond acceptors (Lipinski definition) is 4. The van der Waals surface area contributed by atoms with Gasteiger partial charge in [0.15, 0.2) is 0 Å². The van der Waals surface area contributed by atoms with E-state index in [1.807, 2.05) is 24.3 Å². The third-order valence-electron chi connectivity index (χ3n) is 3.33. The first-order valence-corrected chi connectivity index (χ1v) is 7.43. The molecular weight excluding hydrogens is 252 g/mol. The van der Waals surface area contributed by atoms with Crippen molar-refractivity contribution >= 4 is 0 Å². The first-order chi connectivity index (χ1) is 9.69. The highest BCUT2D eigenvalue weighted by atomic mass is 16.5. The molecule has 0 saturated heterocycles. The zero-order valence-electron chi connectivity index (χ0n) is 13.2. The third-order valence-corrected chi connectivity index (χ3v) is 3.33. The SMILES string of the molecule is CCN(CC)CCNCC(C)Oc1ccc(OC)cc1. The summed E-state index contributed by atoms with van der Waals surface area (Å²) in [5.41, 5.74) is 0. The summed E-state index contributed by atoms with van der Waals surface area (Å²) in [7, 11) is 1.66. The molecule has 114 valence electrons. The monoisotopic (exact) mass is 280 g/mol. The molecule has 0 saturated carbocycles. The van der Waals surface area contributed by atoms with Crippen LogP contribution in [0.1, 0.15) is 20.8 Å². The van der Waals surface area contributed by atoms with Gasteiger partial charge in [0.25, 0.3) is 0 Å². The number of hydrogen-bond donors (Lipinski definition) is 1. The maximum Gasteiger partial charge on any atom is 0.120 e. The fraction of sp³-hybridized carbons (Fsp3) is 0.625. The minimum atomic E-state index is 0.153. The van der Waals surface area contributed by atoms with Crippen LogP contribution in [-0.2, 0) is 0 Å². The molecule has 20 heavy (non-hydrogen) atoms. The molecule has 1 aromatic rings. The van der Waals surface area contributed by atoms with Crippen molar-refractivity contribution in [1.82, 2.24) is 10.2 Å². The fourth-order valence-electron chi connectivity index (χ4n) is 2.01. The van der Waals surface area contributed by atoms with Crippen LogP contribution in [0.2, 0.25) is 0 Å². The van der Waals surface area contributed by atoms with Crippen LogP contribution in [-0.4, -0.2) is 50.8 Å².